The molecular weight excluding hydrogens is 646 g/mol. The Morgan fingerprint density at radius 2 is 1.67 bits per heavy atom. The lowest BCUT2D eigenvalue weighted by Crippen LogP contribution is -2.54. The van der Waals surface area contributed by atoms with E-state index in [4.69, 9.17) is 18.9 Å². The minimum absolute atomic E-state index is 0.201. The lowest BCUT2D eigenvalue weighted by Gasteiger charge is -2.27. The lowest BCUT2D eigenvalue weighted by atomic mass is 10.1. The van der Waals surface area contributed by atoms with Crippen molar-refractivity contribution in [3.8, 4) is 23.0 Å². The predicted octanol–water partition coefficient (Wildman–Crippen LogP) is 6.03. The van der Waals surface area contributed by atoms with Crippen LogP contribution in [-0.4, -0.2) is 50.2 Å². The molecule has 11 nitrogen and oxygen atoms in total. The van der Waals surface area contributed by atoms with E-state index >= 15 is 0 Å². The Morgan fingerprint density at radius 3 is 2.38 bits per heavy atom. The monoisotopic (exact) mass is 679 g/mol. The lowest BCUT2D eigenvalue weighted by molar-refractivity contribution is -0.122. The van der Waals surface area contributed by atoms with E-state index < -0.39 is 17.8 Å². The van der Waals surface area contributed by atoms with Gasteiger partial charge in [0.25, 0.3) is 17.7 Å². The molecule has 1 fully saturated rings. The van der Waals surface area contributed by atoms with Crippen LogP contribution in [0.5, 0.6) is 23.0 Å². The smallest absolute Gasteiger partial charge is 0.335 e. The molecule has 0 aromatic heterocycles. The van der Waals surface area contributed by atoms with Crippen molar-refractivity contribution in [3.05, 3.63) is 75.8 Å². The molecule has 0 saturated carbocycles. The van der Waals surface area contributed by atoms with E-state index in [0.717, 1.165) is 16.9 Å². The summed E-state index contributed by atoms with van der Waals surface area (Å²) in [5, 5.41) is 5.01. The van der Waals surface area contributed by atoms with Crippen LogP contribution in [0.2, 0.25) is 0 Å². The average Bonchev–Trinajstić information content (AvgIpc) is 2.98. The zero-order chi connectivity index (χ0) is 32.5. The number of hydrogen-bond donors (Lipinski definition) is 2. The highest BCUT2D eigenvalue weighted by molar-refractivity contribution is 9.10. The molecule has 1 saturated heterocycles. The van der Waals surface area contributed by atoms with Crippen molar-refractivity contribution in [2.45, 2.75) is 34.1 Å². The van der Waals surface area contributed by atoms with Gasteiger partial charge in [-0.3, -0.25) is 19.7 Å². The van der Waals surface area contributed by atoms with Crippen LogP contribution in [-0.2, 0) is 14.4 Å². The average molecular weight is 681 g/mol. The number of hydrogen-bond acceptors (Lipinski definition) is 8. The van der Waals surface area contributed by atoms with E-state index in [9.17, 15) is 19.2 Å². The Bertz CT molecular complexity index is 1640. The summed E-state index contributed by atoms with van der Waals surface area (Å²) in [6.45, 7) is 8.27. The summed E-state index contributed by atoms with van der Waals surface area (Å²) in [6.07, 6.45) is 2.13. The van der Waals surface area contributed by atoms with Crippen molar-refractivity contribution in [1.29, 1.82) is 0 Å². The predicted molar refractivity (Wildman–Crippen MR) is 173 cm³/mol. The van der Waals surface area contributed by atoms with Gasteiger partial charge in [-0.25, -0.2) is 9.69 Å². The molecule has 1 heterocycles. The molecule has 1 aliphatic heterocycles. The number of anilines is 2. The third-order valence-electron chi connectivity index (χ3n) is 6.34. The van der Waals surface area contributed by atoms with Gasteiger partial charge in [0.2, 0.25) is 0 Å². The number of nitrogens with zero attached hydrogens (tertiary/aromatic N) is 1. The molecule has 0 aliphatic carbocycles. The highest BCUT2D eigenvalue weighted by Crippen LogP contribution is 2.38. The van der Waals surface area contributed by atoms with Crippen molar-refractivity contribution < 1.29 is 38.1 Å². The quantitative estimate of drug-likeness (QED) is 0.165. The first-order chi connectivity index (χ1) is 21.6. The zero-order valence-electron chi connectivity index (χ0n) is 25.4. The van der Waals surface area contributed by atoms with E-state index in [1.807, 2.05) is 32.0 Å². The Kier molecular flexibility index (Phi) is 11.2. The summed E-state index contributed by atoms with van der Waals surface area (Å²) < 4.78 is 23.4. The second-order valence-corrected chi connectivity index (χ2v) is 10.7. The van der Waals surface area contributed by atoms with Crippen molar-refractivity contribution in [2.24, 2.45) is 0 Å². The molecule has 4 rings (SSSR count). The van der Waals surface area contributed by atoms with Crippen LogP contribution in [0.4, 0.5) is 16.2 Å². The van der Waals surface area contributed by atoms with Gasteiger partial charge in [-0.2, -0.15) is 0 Å². The molecule has 3 aromatic rings. The van der Waals surface area contributed by atoms with Crippen molar-refractivity contribution >= 4 is 57.1 Å². The number of carbonyl (C=O) groups excluding carboxylic acids is 4. The Hall–Kier alpha value is -4.84. The van der Waals surface area contributed by atoms with Gasteiger partial charge in [-0.05, 0) is 96.7 Å². The molecule has 0 unspecified atom stereocenters. The number of barbiturate groups is 1. The molecule has 1 aliphatic rings. The van der Waals surface area contributed by atoms with E-state index in [0.29, 0.717) is 40.4 Å². The zero-order valence-corrected chi connectivity index (χ0v) is 27.0. The molecule has 0 atom stereocenters. The summed E-state index contributed by atoms with van der Waals surface area (Å²) in [5.74, 6) is -0.659. The number of ether oxygens (including phenoxy) is 4. The van der Waals surface area contributed by atoms with Gasteiger partial charge >= 0.3 is 6.03 Å². The number of aryl methyl sites for hydroxylation is 1. The molecule has 12 heteroatoms. The first-order valence-corrected chi connectivity index (χ1v) is 15.2. The number of benzene rings is 3. The van der Waals surface area contributed by atoms with Gasteiger partial charge < -0.3 is 24.3 Å². The molecule has 3 aromatic carbocycles. The molecule has 236 valence electrons. The number of urea groups is 1. The summed E-state index contributed by atoms with van der Waals surface area (Å²) in [7, 11) is 0. The summed E-state index contributed by atoms with van der Waals surface area (Å²) in [4.78, 5) is 52.7. The van der Waals surface area contributed by atoms with Gasteiger partial charge in [0.15, 0.2) is 29.6 Å². The van der Waals surface area contributed by atoms with E-state index in [-0.39, 0.29) is 41.9 Å². The first kappa shape index (κ1) is 33.1. The fraction of sp³-hybridized carbons (Fsp3) is 0.273. The summed E-state index contributed by atoms with van der Waals surface area (Å²) in [5.41, 5.74) is 1.98. The fourth-order valence-corrected chi connectivity index (χ4v) is 5.00. The van der Waals surface area contributed by atoms with Crippen molar-refractivity contribution in [3.63, 3.8) is 0 Å². The van der Waals surface area contributed by atoms with E-state index in [1.165, 1.54) is 12.1 Å². The number of nitrogens with one attached hydrogen (secondary N) is 2. The highest BCUT2D eigenvalue weighted by atomic mass is 79.9. The minimum Gasteiger partial charge on any atom is -0.490 e. The van der Waals surface area contributed by atoms with Crippen LogP contribution in [0.1, 0.15) is 38.3 Å². The van der Waals surface area contributed by atoms with Crippen molar-refractivity contribution in [2.75, 3.05) is 36.6 Å². The maximum Gasteiger partial charge on any atom is 0.335 e. The standard InChI is InChI=1S/C33H34BrN3O8/c1-5-13-44-26-12-11-23(18-27(26)42-6-2)37-32(40)24(31(39)36-33(37)41)15-21-16-25(34)30(28(17-21)43-7-3)45-19-29(38)35-22-10-8-9-20(4)14-22/h8-12,14-18H,5-7,13,19H2,1-4H3,(H,35,38)(H,36,39,41)/b24-15+. The number of carbonyl (C=O) groups is 4. The largest absolute Gasteiger partial charge is 0.490 e. The molecule has 0 radical (unpaired) electrons. The molecule has 0 spiro atoms. The van der Waals surface area contributed by atoms with Crippen molar-refractivity contribution in [1.82, 2.24) is 5.32 Å². The van der Waals surface area contributed by atoms with Gasteiger partial charge in [-0.15, -0.1) is 0 Å². The second-order valence-electron chi connectivity index (χ2n) is 9.84. The molecule has 45 heavy (non-hydrogen) atoms. The third kappa shape index (κ3) is 8.21. The SMILES string of the molecule is CCCOc1ccc(N2C(=O)NC(=O)/C(=C\c3cc(Br)c(OCC(=O)Nc4cccc(C)c4)c(OCC)c3)C2=O)cc1OCC. The van der Waals surface area contributed by atoms with Crippen LogP contribution in [0.3, 0.4) is 0 Å². The summed E-state index contributed by atoms with van der Waals surface area (Å²) in [6, 6.07) is 14.3. The maximum atomic E-state index is 13.6. The Balaban J connectivity index is 1.59. The highest BCUT2D eigenvalue weighted by Gasteiger charge is 2.37. The van der Waals surface area contributed by atoms with Crippen LogP contribution >= 0.6 is 15.9 Å². The first-order valence-electron chi connectivity index (χ1n) is 14.4. The normalized spacial score (nSPS) is 13.8. The molecule has 0 bridgehead atoms. The number of imide groups is 2. The molecule has 2 N–H and O–H groups in total. The van der Waals surface area contributed by atoms with Crippen LogP contribution in [0, 0.1) is 6.92 Å². The van der Waals surface area contributed by atoms with Crippen LogP contribution in [0.15, 0.2) is 64.6 Å². The second kappa shape index (κ2) is 15.2. The van der Waals surface area contributed by atoms with Crippen LogP contribution < -0.4 is 34.5 Å². The van der Waals surface area contributed by atoms with E-state index in [1.54, 1.807) is 44.2 Å². The molecular formula is C33H34BrN3O8. The summed E-state index contributed by atoms with van der Waals surface area (Å²) >= 11 is 3.45. The maximum absolute atomic E-state index is 13.6. The van der Waals surface area contributed by atoms with Gasteiger partial charge in [0, 0.05) is 11.8 Å². The molecule has 5 amide bonds. The third-order valence-corrected chi connectivity index (χ3v) is 6.93. The number of halogens is 1. The van der Waals surface area contributed by atoms with Gasteiger partial charge in [-0.1, -0.05) is 19.1 Å². The fourth-order valence-electron chi connectivity index (χ4n) is 4.43. The van der Waals surface area contributed by atoms with Gasteiger partial charge in [0.1, 0.15) is 5.57 Å². The van der Waals surface area contributed by atoms with Gasteiger partial charge in [0.05, 0.1) is 30.0 Å². The topological polar surface area (TPSA) is 132 Å². The number of rotatable bonds is 13. The Morgan fingerprint density at radius 1 is 0.911 bits per heavy atom. The minimum atomic E-state index is -0.893. The Labute approximate surface area is 269 Å². The van der Waals surface area contributed by atoms with E-state index in [2.05, 4.69) is 26.6 Å². The number of amides is 5. The van der Waals surface area contributed by atoms with Crippen LogP contribution in [0.25, 0.3) is 6.08 Å².